The third kappa shape index (κ3) is 13.8. The Hall–Kier alpha value is -0.330. The van der Waals surface area contributed by atoms with Crippen molar-refractivity contribution in [3.8, 4) is 0 Å². The molecule has 0 aliphatic carbocycles. The van der Waals surface area contributed by atoms with E-state index < -0.39 is 0 Å². The first-order valence-corrected chi connectivity index (χ1v) is 10.5. The van der Waals surface area contributed by atoms with Crippen molar-refractivity contribution in [3.05, 3.63) is 0 Å². The molecule has 0 aromatic rings. The summed E-state index contributed by atoms with van der Waals surface area (Å²) in [4.78, 5) is 12.3. The molecule has 0 N–H and O–H groups in total. The van der Waals surface area contributed by atoms with E-state index in [-0.39, 0.29) is 5.92 Å². The molecule has 0 spiro atoms. The number of hydrogen-bond donors (Lipinski definition) is 0. The summed E-state index contributed by atoms with van der Waals surface area (Å²) in [6.45, 7) is 10.9. The Morgan fingerprint density at radius 2 is 1.13 bits per heavy atom. The average molecular weight is 325 g/mol. The molecular weight excluding hydrogens is 280 g/mol. The van der Waals surface area contributed by atoms with E-state index in [1.54, 1.807) is 0 Å². The minimum absolute atomic E-state index is 0.200. The molecule has 1 atom stereocenters. The van der Waals surface area contributed by atoms with Gasteiger partial charge in [0.25, 0.3) is 0 Å². The van der Waals surface area contributed by atoms with Gasteiger partial charge in [-0.2, -0.15) is 0 Å². The highest BCUT2D eigenvalue weighted by molar-refractivity contribution is 5.82. The molecule has 0 heterocycles. The third-order valence-electron chi connectivity index (χ3n) is 4.88. The molecule has 0 fully saturated rings. The first-order chi connectivity index (χ1) is 11.0. The summed E-state index contributed by atoms with van der Waals surface area (Å²) in [5.74, 6) is 1.64. The van der Waals surface area contributed by atoms with E-state index in [9.17, 15) is 4.79 Å². The fourth-order valence-corrected chi connectivity index (χ4v) is 3.47. The Morgan fingerprint density at radius 1 is 0.696 bits per heavy atom. The monoisotopic (exact) mass is 324 g/mol. The van der Waals surface area contributed by atoms with Gasteiger partial charge in [-0.3, -0.25) is 4.79 Å². The maximum Gasteiger partial charge on any atom is 0.138 e. The van der Waals surface area contributed by atoms with Crippen molar-refractivity contribution < 1.29 is 4.79 Å². The molecular formula is C22H44O. The number of Topliss-reactive ketones (excluding diaryl/α,β-unsaturated/α-hetero) is 1. The summed E-state index contributed by atoms with van der Waals surface area (Å²) in [7, 11) is 0. The highest BCUT2D eigenvalue weighted by atomic mass is 16.1. The van der Waals surface area contributed by atoms with Gasteiger partial charge in [0, 0.05) is 11.8 Å². The summed E-state index contributed by atoms with van der Waals surface area (Å²) in [5, 5.41) is 0. The second-order valence-electron chi connectivity index (χ2n) is 8.21. The van der Waals surface area contributed by atoms with Gasteiger partial charge in [-0.1, -0.05) is 105 Å². The van der Waals surface area contributed by atoms with Crippen LogP contribution in [0.4, 0.5) is 0 Å². The quantitative estimate of drug-likeness (QED) is 0.267. The molecule has 0 bridgehead atoms. The number of rotatable bonds is 16. The zero-order chi connectivity index (χ0) is 17.5. The summed E-state index contributed by atoms with van der Waals surface area (Å²) < 4.78 is 0. The van der Waals surface area contributed by atoms with Crippen molar-refractivity contribution in [2.45, 2.75) is 118 Å². The molecule has 0 aromatic carbocycles. The average Bonchev–Trinajstić information content (AvgIpc) is 2.50. The molecule has 23 heavy (non-hydrogen) atoms. The maximum absolute atomic E-state index is 12.3. The van der Waals surface area contributed by atoms with Crippen LogP contribution in [0.1, 0.15) is 118 Å². The van der Waals surface area contributed by atoms with Gasteiger partial charge >= 0.3 is 0 Å². The highest BCUT2D eigenvalue weighted by Gasteiger charge is 2.21. The first-order valence-electron chi connectivity index (χ1n) is 10.5. The second kappa shape index (κ2) is 15.2. The minimum Gasteiger partial charge on any atom is -0.299 e. The highest BCUT2D eigenvalue weighted by Crippen LogP contribution is 2.23. The molecule has 1 heteroatoms. The zero-order valence-electron chi connectivity index (χ0n) is 16.8. The van der Waals surface area contributed by atoms with E-state index in [1.807, 2.05) is 0 Å². The van der Waals surface area contributed by atoms with Crippen LogP contribution in [-0.2, 0) is 4.79 Å². The lowest BCUT2D eigenvalue weighted by Gasteiger charge is -2.19. The number of unbranched alkanes of at least 4 members (excludes halogenated alkanes) is 10. The van der Waals surface area contributed by atoms with Crippen molar-refractivity contribution in [2.75, 3.05) is 0 Å². The molecule has 1 unspecified atom stereocenters. The minimum atomic E-state index is 0.200. The molecule has 0 saturated carbocycles. The molecule has 1 nitrogen and oxygen atoms in total. The van der Waals surface area contributed by atoms with Crippen LogP contribution in [0.15, 0.2) is 0 Å². The van der Waals surface area contributed by atoms with Gasteiger partial charge < -0.3 is 0 Å². The smallest absolute Gasteiger partial charge is 0.138 e. The Balaban J connectivity index is 3.61. The van der Waals surface area contributed by atoms with Crippen LogP contribution >= 0.6 is 0 Å². The normalized spacial score (nSPS) is 13.0. The first kappa shape index (κ1) is 22.7. The van der Waals surface area contributed by atoms with E-state index in [1.165, 1.54) is 70.6 Å². The Kier molecular flexibility index (Phi) is 15.0. The van der Waals surface area contributed by atoms with E-state index in [0.29, 0.717) is 17.6 Å². The van der Waals surface area contributed by atoms with Crippen molar-refractivity contribution in [1.29, 1.82) is 0 Å². The fourth-order valence-electron chi connectivity index (χ4n) is 3.47. The second-order valence-corrected chi connectivity index (χ2v) is 8.21. The summed E-state index contributed by atoms with van der Waals surface area (Å²) in [6.07, 6.45) is 17.4. The van der Waals surface area contributed by atoms with Gasteiger partial charge in [-0.25, -0.2) is 0 Å². The number of carbonyl (C=O) groups is 1. The fraction of sp³-hybridized carbons (Fsp3) is 0.955. The number of carbonyl (C=O) groups excluding carboxylic acids is 1. The van der Waals surface area contributed by atoms with Crippen LogP contribution < -0.4 is 0 Å². The van der Waals surface area contributed by atoms with Gasteiger partial charge in [0.15, 0.2) is 0 Å². The van der Waals surface area contributed by atoms with Crippen molar-refractivity contribution in [2.24, 2.45) is 17.8 Å². The molecule has 0 radical (unpaired) electrons. The van der Waals surface area contributed by atoms with Crippen molar-refractivity contribution in [3.63, 3.8) is 0 Å². The van der Waals surface area contributed by atoms with Gasteiger partial charge in [0.2, 0.25) is 0 Å². The Morgan fingerprint density at radius 3 is 1.52 bits per heavy atom. The Bertz CT molecular complexity index is 267. The lowest BCUT2D eigenvalue weighted by Crippen LogP contribution is -2.21. The van der Waals surface area contributed by atoms with Gasteiger partial charge in [0.1, 0.15) is 5.78 Å². The topological polar surface area (TPSA) is 17.1 Å². The third-order valence-corrected chi connectivity index (χ3v) is 4.88. The molecule has 0 aromatic heterocycles. The predicted molar refractivity (Wildman–Crippen MR) is 104 cm³/mol. The van der Waals surface area contributed by atoms with Crippen molar-refractivity contribution in [1.82, 2.24) is 0 Å². The largest absolute Gasteiger partial charge is 0.299 e. The van der Waals surface area contributed by atoms with Crippen LogP contribution in [0.25, 0.3) is 0 Å². The number of ketones is 1. The van der Waals surface area contributed by atoms with E-state index in [0.717, 1.165) is 12.8 Å². The van der Waals surface area contributed by atoms with Crippen LogP contribution in [0.2, 0.25) is 0 Å². The van der Waals surface area contributed by atoms with Gasteiger partial charge in [-0.15, -0.1) is 0 Å². The van der Waals surface area contributed by atoms with Crippen molar-refractivity contribution >= 4 is 5.78 Å². The lowest BCUT2D eigenvalue weighted by molar-refractivity contribution is -0.126. The standard InChI is InChI=1S/C22H44O/c1-6-7-8-9-10-11-12-13-14-15-16-17-21(18-19(2)3)22(23)20(4)5/h19-21H,6-18H2,1-5H3. The molecule has 0 amide bonds. The predicted octanol–water partition coefficient (Wildman–Crippen LogP) is 7.57. The lowest BCUT2D eigenvalue weighted by atomic mass is 9.84. The van der Waals surface area contributed by atoms with Crippen LogP contribution in [-0.4, -0.2) is 5.78 Å². The summed E-state index contributed by atoms with van der Waals surface area (Å²) >= 11 is 0. The Labute approximate surface area is 147 Å². The number of hydrogen-bond acceptors (Lipinski definition) is 1. The SMILES string of the molecule is CCCCCCCCCCCCCC(CC(C)C)C(=O)C(C)C. The summed E-state index contributed by atoms with van der Waals surface area (Å²) in [6, 6.07) is 0. The van der Waals surface area contributed by atoms with E-state index in [2.05, 4.69) is 34.6 Å². The molecule has 138 valence electrons. The van der Waals surface area contributed by atoms with Crippen LogP contribution in [0, 0.1) is 17.8 Å². The molecule has 0 rings (SSSR count). The maximum atomic E-state index is 12.3. The van der Waals surface area contributed by atoms with Gasteiger partial charge in [0.05, 0.1) is 0 Å². The van der Waals surface area contributed by atoms with Crippen LogP contribution in [0.5, 0.6) is 0 Å². The van der Waals surface area contributed by atoms with E-state index >= 15 is 0 Å². The molecule has 0 aliphatic rings. The molecule has 0 aliphatic heterocycles. The van der Waals surface area contributed by atoms with E-state index in [4.69, 9.17) is 0 Å². The summed E-state index contributed by atoms with van der Waals surface area (Å²) in [5.41, 5.74) is 0. The zero-order valence-corrected chi connectivity index (χ0v) is 16.8. The molecule has 0 saturated heterocycles. The van der Waals surface area contributed by atoms with Gasteiger partial charge in [-0.05, 0) is 18.8 Å². The van der Waals surface area contributed by atoms with Crippen LogP contribution in [0.3, 0.4) is 0 Å².